The van der Waals surface area contributed by atoms with Crippen LogP contribution in [0.1, 0.15) is 22.8 Å². The van der Waals surface area contributed by atoms with Gasteiger partial charge in [0.1, 0.15) is 11.5 Å². The van der Waals surface area contributed by atoms with E-state index in [4.69, 9.17) is 9.47 Å². The van der Waals surface area contributed by atoms with E-state index >= 15 is 0 Å². The zero-order chi connectivity index (χ0) is 23.3. The van der Waals surface area contributed by atoms with E-state index in [1.165, 1.54) is 32.4 Å². The number of halogens is 3. The zero-order valence-electron chi connectivity index (χ0n) is 17.0. The van der Waals surface area contributed by atoms with Crippen molar-refractivity contribution < 1.29 is 32.2 Å². The predicted octanol–water partition coefficient (Wildman–Crippen LogP) is 5.75. The van der Waals surface area contributed by atoms with E-state index < -0.39 is 17.8 Å². The molecule has 2 amide bonds. The Labute approximate surface area is 181 Å². The number of pyridine rings is 1. The summed E-state index contributed by atoms with van der Waals surface area (Å²) in [5.41, 5.74) is -0.226. The molecule has 0 aliphatic carbocycles. The van der Waals surface area contributed by atoms with Gasteiger partial charge in [0, 0.05) is 11.6 Å². The van der Waals surface area contributed by atoms with Crippen LogP contribution in [0.3, 0.4) is 0 Å². The molecule has 0 fully saturated rings. The van der Waals surface area contributed by atoms with Crippen LogP contribution in [-0.2, 0) is 6.18 Å². The molecule has 3 rings (SSSR count). The fourth-order valence-electron chi connectivity index (χ4n) is 2.66. The van der Waals surface area contributed by atoms with Crippen LogP contribution in [0.4, 0.5) is 29.3 Å². The largest absolute Gasteiger partial charge is 0.495 e. The van der Waals surface area contributed by atoms with E-state index in [2.05, 4.69) is 15.6 Å². The highest BCUT2D eigenvalue weighted by Gasteiger charge is 2.31. The van der Waals surface area contributed by atoms with Crippen LogP contribution in [0.15, 0.2) is 60.8 Å². The Balaban J connectivity index is 1.64. The van der Waals surface area contributed by atoms with Crippen molar-refractivity contribution in [3.8, 4) is 17.4 Å². The lowest BCUT2D eigenvalue weighted by molar-refractivity contribution is -0.137. The second-order valence-corrected chi connectivity index (χ2v) is 6.56. The summed E-state index contributed by atoms with van der Waals surface area (Å²) in [7, 11) is 1.28. The van der Waals surface area contributed by atoms with Gasteiger partial charge in [0.15, 0.2) is 5.78 Å². The number of alkyl halides is 3. The number of amides is 2. The van der Waals surface area contributed by atoms with Crippen molar-refractivity contribution in [3.05, 3.63) is 71.9 Å². The molecule has 0 unspecified atom stereocenters. The molecule has 2 N–H and O–H groups in total. The molecule has 0 aliphatic heterocycles. The van der Waals surface area contributed by atoms with Gasteiger partial charge in [0.05, 0.1) is 30.2 Å². The van der Waals surface area contributed by atoms with Gasteiger partial charge in [-0.15, -0.1) is 0 Å². The number of benzene rings is 2. The third kappa shape index (κ3) is 5.75. The number of nitrogens with zero attached hydrogens (tertiary/aromatic N) is 1. The van der Waals surface area contributed by atoms with Gasteiger partial charge in [-0.3, -0.25) is 4.79 Å². The number of ether oxygens (including phenoxy) is 2. The third-order valence-electron chi connectivity index (χ3n) is 4.25. The van der Waals surface area contributed by atoms with Crippen LogP contribution in [-0.4, -0.2) is 23.9 Å². The first-order valence-electron chi connectivity index (χ1n) is 9.24. The van der Waals surface area contributed by atoms with Crippen LogP contribution in [0.25, 0.3) is 0 Å². The topological polar surface area (TPSA) is 89.5 Å². The number of methoxy groups -OCH3 is 1. The maximum atomic E-state index is 12.9. The van der Waals surface area contributed by atoms with E-state index in [1.54, 1.807) is 24.3 Å². The third-order valence-corrected chi connectivity index (χ3v) is 4.25. The fraction of sp³-hybridized carbons (Fsp3) is 0.136. The predicted molar refractivity (Wildman–Crippen MR) is 111 cm³/mol. The molecular weight excluding hydrogens is 427 g/mol. The molecule has 0 saturated heterocycles. The highest BCUT2D eigenvalue weighted by atomic mass is 19.4. The summed E-state index contributed by atoms with van der Waals surface area (Å²) in [6.45, 7) is 1.46. The smallest absolute Gasteiger partial charge is 0.416 e. The first-order valence-corrected chi connectivity index (χ1v) is 9.24. The van der Waals surface area contributed by atoms with E-state index in [-0.39, 0.29) is 28.8 Å². The average molecular weight is 445 g/mol. The number of hydrogen-bond acceptors (Lipinski definition) is 5. The second-order valence-electron chi connectivity index (χ2n) is 6.56. The molecule has 10 heteroatoms. The average Bonchev–Trinajstić information content (AvgIpc) is 2.75. The number of hydrogen-bond donors (Lipinski definition) is 2. The first-order chi connectivity index (χ1) is 15.2. The molecule has 0 bridgehead atoms. The molecule has 1 heterocycles. The minimum atomic E-state index is -4.56. The summed E-state index contributed by atoms with van der Waals surface area (Å²) < 4.78 is 49.4. The minimum absolute atomic E-state index is 0.0638. The molecular formula is C22H18F3N3O4. The van der Waals surface area contributed by atoms with Crippen LogP contribution in [0.2, 0.25) is 0 Å². The van der Waals surface area contributed by atoms with Gasteiger partial charge in [-0.2, -0.15) is 13.2 Å². The Kier molecular flexibility index (Phi) is 6.62. The van der Waals surface area contributed by atoms with Crippen LogP contribution >= 0.6 is 0 Å². The molecule has 7 nitrogen and oxygen atoms in total. The van der Waals surface area contributed by atoms with Gasteiger partial charge in [0.25, 0.3) is 0 Å². The number of carbonyl (C=O) groups excluding carboxylic acids is 2. The molecule has 0 aliphatic rings. The number of aromatic nitrogens is 1. The fourth-order valence-corrected chi connectivity index (χ4v) is 2.66. The van der Waals surface area contributed by atoms with Gasteiger partial charge in [-0.1, -0.05) is 0 Å². The number of ketones is 1. The lowest BCUT2D eigenvalue weighted by Gasteiger charge is -2.14. The first kappa shape index (κ1) is 22.6. The van der Waals surface area contributed by atoms with Crippen molar-refractivity contribution in [2.24, 2.45) is 0 Å². The van der Waals surface area contributed by atoms with Crippen molar-refractivity contribution in [2.75, 3.05) is 17.7 Å². The Hall–Kier alpha value is -4.08. The second kappa shape index (κ2) is 9.38. The van der Waals surface area contributed by atoms with E-state index in [0.29, 0.717) is 11.3 Å². The Bertz CT molecular complexity index is 1110. The molecule has 0 spiro atoms. The van der Waals surface area contributed by atoms with Gasteiger partial charge in [-0.25, -0.2) is 9.78 Å². The summed E-state index contributed by atoms with van der Waals surface area (Å²) in [5.74, 6) is 0.723. The monoisotopic (exact) mass is 445 g/mol. The van der Waals surface area contributed by atoms with Crippen molar-refractivity contribution >= 4 is 23.2 Å². The highest BCUT2D eigenvalue weighted by molar-refractivity contribution is 6.00. The summed E-state index contributed by atoms with van der Waals surface area (Å²) in [4.78, 5) is 27.6. The van der Waals surface area contributed by atoms with E-state index in [1.807, 2.05) is 0 Å². The standard InChI is InChI=1S/C22H18F3N3O4/c1-13(29)14-3-7-17(8-4-14)32-20-10-6-16(12-26-20)27-21(30)28-18-11-15(22(23,24)25)5-9-19(18)31-2/h3-12H,1-2H3,(H2,27,28,30). The molecule has 0 radical (unpaired) electrons. The Morgan fingerprint density at radius 1 is 0.969 bits per heavy atom. The number of rotatable bonds is 6. The summed E-state index contributed by atoms with van der Waals surface area (Å²) in [6.07, 6.45) is -3.24. The van der Waals surface area contributed by atoms with Gasteiger partial charge >= 0.3 is 12.2 Å². The van der Waals surface area contributed by atoms with Crippen LogP contribution < -0.4 is 20.1 Å². The molecule has 2 aromatic carbocycles. The molecule has 166 valence electrons. The maximum absolute atomic E-state index is 12.9. The summed E-state index contributed by atoms with van der Waals surface area (Å²) in [6, 6.07) is 11.5. The molecule has 0 saturated carbocycles. The zero-order valence-corrected chi connectivity index (χ0v) is 17.0. The molecule has 32 heavy (non-hydrogen) atoms. The Morgan fingerprint density at radius 3 is 2.25 bits per heavy atom. The number of nitrogens with one attached hydrogen (secondary N) is 2. The van der Waals surface area contributed by atoms with Crippen molar-refractivity contribution in [1.29, 1.82) is 0 Å². The number of urea groups is 1. The van der Waals surface area contributed by atoms with Crippen molar-refractivity contribution in [2.45, 2.75) is 13.1 Å². The number of anilines is 2. The summed E-state index contributed by atoms with van der Waals surface area (Å²) >= 11 is 0. The lowest BCUT2D eigenvalue weighted by Crippen LogP contribution is -2.20. The summed E-state index contributed by atoms with van der Waals surface area (Å²) in [5, 5.41) is 4.80. The molecule has 0 atom stereocenters. The SMILES string of the molecule is COc1ccc(C(F)(F)F)cc1NC(=O)Nc1ccc(Oc2ccc(C(C)=O)cc2)nc1. The van der Waals surface area contributed by atoms with Crippen molar-refractivity contribution in [3.63, 3.8) is 0 Å². The maximum Gasteiger partial charge on any atom is 0.416 e. The Morgan fingerprint density at radius 2 is 1.69 bits per heavy atom. The molecule has 3 aromatic rings. The highest BCUT2D eigenvalue weighted by Crippen LogP contribution is 2.35. The molecule has 1 aromatic heterocycles. The van der Waals surface area contributed by atoms with E-state index in [9.17, 15) is 22.8 Å². The number of carbonyl (C=O) groups is 2. The normalized spacial score (nSPS) is 10.9. The lowest BCUT2D eigenvalue weighted by atomic mass is 10.1. The van der Waals surface area contributed by atoms with E-state index in [0.717, 1.165) is 18.2 Å². The van der Waals surface area contributed by atoms with Crippen LogP contribution in [0, 0.1) is 0 Å². The quantitative estimate of drug-likeness (QED) is 0.472. The van der Waals surface area contributed by atoms with Crippen LogP contribution in [0.5, 0.6) is 17.4 Å². The van der Waals surface area contributed by atoms with Gasteiger partial charge < -0.3 is 20.1 Å². The van der Waals surface area contributed by atoms with Gasteiger partial charge in [-0.05, 0) is 55.5 Å². The van der Waals surface area contributed by atoms with Gasteiger partial charge in [0.2, 0.25) is 5.88 Å². The number of Topliss-reactive ketones (excluding diaryl/α,β-unsaturated/α-hetero) is 1. The minimum Gasteiger partial charge on any atom is -0.495 e. The van der Waals surface area contributed by atoms with Crippen molar-refractivity contribution in [1.82, 2.24) is 4.98 Å².